The van der Waals surface area contributed by atoms with Crippen LogP contribution in [0, 0.1) is 11.2 Å². The molecule has 2 fully saturated rings. The minimum Gasteiger partial charge on any atom is -0.467 e. The Balaban J connectivity index is 1.57. The fraction of sp³-hybridized carbons (Fsp3) is 0.480. The molecule has 182 valence electrons. The van der Waals surface area contributed by atoms with E-state index < -0.39 is 28.9 Å². The van der Waals surface area contributed by atoms with E-state index in [2.05, 4.69) is 5.32 Å². The predicted octanol–water partition coefficient (Wildman–Crippen LogP) is 2.94. The van der Waals surface area contributed by atoms with E-state index in [1.165, 1.54) is 35.4 Å². The van der Waals surface area contributed by atoms with Gasteiger partial charge in [-0.05, 0) is 36.4 Å². The Morgan fingerprint density at radius 3 is 2.38 bits per heavy atom. The molecule has 0 radical (unpaired) electrons. The van der Waals surface area contributed by atoms with Crippen molar-refractivity contribution in [2.24, 2.45) is 5.41 Å². The van der Waals surface area contributed by atoms with Crippen LogP contribution in [0.1, 0.15) is 49.7 Å². The van der Waals surface area contributed by atoms with Crippen molar-refractivity contribution in [1.29, 1.82) is 0 Å². The van der Waals surface area contributed by atoms with E-state index in [0.717, 1.165) is 0 Å². The van der Waals surface area contributed by atoms with Gasteiger partial charge in [-0.1, -0.05) is 20.8 Å². The van der Waals surface area contributed by atoms with Crippen LogP contribution in [-0.4, -0.2) is 59.0 Å². The van der Waals surface area contributed by atoms with Gasteiger partial charge in [-0.2, -0.15) is 0 Å². The minimum absolute atomic E-state index is 0.0319. The molecule has 4 rings (SSSR count). The third kappa shape index (κ3) is 4.70. The van der Waals surface area contributed by atoms with Gasteiger partial charge in [0.05, 0.1) is 19.4 Å². The molecule has 34 heavy (non-hydrogen) atoms. The molecule has 0 bridgehead atoms. The maximum atomic E-state index is 13.6. The quantitative estimate of drug-likeness (QED) is 0.740. The van der Waals surface area contributed by atoms with Crippen molar-refractivity contribution < 1.29 is 27.9 Å². The molecule has 9 heteroatoms. The Kier molecular flexibility index (Phi) is 6.49. The number of hydrogen-bond acceptors (Lipinski definition) is 5. The van der Waals surface area contributed by atoms with E-state index in [9.17, 15) is 18.8 Å². The number of likely N-dealkylation sites (tertiary alicyclic amines) is 1. The van der Waals surface area contributed by atoms with Crippen LogP contribution in [0.4, 0.5) is 4.39 Å². The van der Waals surface area contributed by atoms with Crippen LogP contribution >= 0.6 is 0 Å². The molecule has 1 aromatic heterocycles. The molecule has 0 saturated carbocycles. The molecule has 2 saturated heterocycles. The highest BCUT2D eigenvalue weighted by atomic mass is 19.1. The van der Waals surface area contributed by atoms with Crippen LogP contribution in [-0.2, 0) is 20.9 Å². The van der Waals surface area contributed by atoms with Crippen molar-refractivity contribution in [2.75, 3.05) is 19.7 Å². The lowest BCUT2D eigenvalue weighted by Crippen LogP contribution is -2.60. The maximum absolute atomic E-state index is 13.6. The van der Waals surface area contributed by atoms with Gasteiger partial charge in [-0.25, -0.2) is 4.39 Å². The second-order valence-corrected chi connectivity index (χ2v) is 9.79. The largest absolute Gasteiger partial charge is 0.467 e. The Hall–Kier alpha value is -3.20. The smallest absolute Gasteiger partial charge is 0.256 e. The molecule has 1 atom stereocenters. The van der Waals surface area contributed by atoms with Crippen LogP contribution in [0.5, 0.6) is 0 Å². The summed E-state index contributed by atoms with van der Waals surface area (Å²) in [5.74, 6) is -0.606. The van der Waals surface area contributed by atoms with Crippen LogP contribution in [0.3, 0.4) is 0 Å². The fourth-order valence-corrected chi connectivity index (χ4v) is 4.54. The lowest BCUT2D eigenvalue weighted by Gasteiger charge is -2.45. The first-order valence-corrected chi connectivity index (χ1v) is 11.4. The summed E-state index contributed by atoms with van der Waals surface area (Å²) in [5, 5.41) is 2.81. The number of benzene rings is 1. The zero-order chi connectivity index (χ0) is 24.5. The summed E-state index contributed by atoms with van der Waals surface area (Å²) in [6, 6.07) is 7.85. The zero-order valence-electron chi connectivity index (χ0n) is 19.7. The molecule has 1 unspecified atom stereocenters. The zero-order valence-corrected chi connectivity index (χ0v) is 19.7. The third-order valence-electron chi connectivity index (χ3n) is 6.36. The first kappa shape index (κ1) is 23.9. The third-order valence-corrected chi connectivity index (χ3v) is 6.36. The summed E-state index contributed by atoms with van der Waals surface area (Å²) in [4.78, 5) is 42.7. The number of carbonyl (C=O) groups is 3. The van der Waals surface area contributed by atoms with Gasteiger partial charge in [0, 0.05) is 36.9 Å². The number of rotatable bonds is 4. The van der Waals surface area contributed by atoms with Crippen LogP contribution in [0.15, 0.2) is 47.1 Å². The van der Waals surface area contributed by atoms with Gasteiger partial charge in [0.1, 0.15) is 23.3 Å². The number of furan rings is 1. The van der Waals surface area contributed by atoms with Gasteiger partial charge in [0.25, 0.3) is 5.91 Å². The van der Waals surface area contributed by atoms with Crippen molar-refractivity contribution in [3.05, 3.63) is 59.8 Å². The summed E-state index contributed by atoms with van der Waals surface area (Å²) in [5.41, 5.74) is -1.27. The van der Waals surface area contributed by atoms with Crippen LogP contribution < -0.4 is 5.32 Å². The molecule has 3 amide bonds. The molecular formula is C25H30FN3O5. The highest BCUT2D eigenvalue weighted by Gasteiger charge is 2.54. The molecule has 2 aliphatic rings. The van der Waals surface area contributed by atoms with E-state index in [1.807, 2.05) is 20.8 Å². The minimum atomic E-state index is -1.02. The Bertz CT molecular complexity index is 1040. The van der Waals surface area contributed by atoms with Gasteiger partial charge in [0.2, 0.25) is 11.8 Å². The number of nitrogens with one attached hydrogen (secondary N) is 1. The lowest BCUT2D eigenvalue weighted by atomic mass is 9.91. The summed E-state index contributed by atoms with van der Waals surface area (Å²) in [6.45, 7) is 6.64. The van der Waals surface area contributed by atoms with E-state index in [1.54, 1.807) is 17.0 Å². The Morgan fingerprint density at radius 2 is 1.79 bits per heavy atom. The molecule has 2 aliphatic heterocycles. The van der Waals surface area contributed by atoms with Gasteiger partial charge in [0.15, 0.2) is 0 Å². The topological polar surface area (TPSA) is 92.1 Å². The second kappa shape index (κ2) is 9.21. The van der Waals surface area contributed by atoms with Crippen molar-refractivity contribution in [1.82, 2.24) is 15.1 Å². The standard InChI is InChI=1S/C25H30FN3O5/c1-24(2,3)23(32)28-12-10-25(11-13-28)29(22(31)17-6-8-18(26)9-7-17)20(16-34-25)21(30)27-15-19-5-4-14-33-19/h4-9,14,20H,10-13,15-16H2,1-3H3,(H,27,30). The molecular weight excluding hydrogens is 441 g/mol. The molecule has 0 aliphatic carbocycles. The van der Waals surface area contributed by atoms with E-state index in [-0.39, 0.29) is 30.5 Å². The lowest BCUT2D eigenvalue weighted by molar-refractivity contribution is -0.150. The molecule has 2 aromatic rings. The van der Waals surface area contributed by atoms with Gasteiger partial charge in [-0.15, -0.1) is 0 Å². The number of ether oxygens (including phenoxy) is 1. The summed E-state index contributed by atoms with van der Waals surface area (Å²) in [6.07, 6.45) is 2.28. The highest BCUT2D eigenvalue weighted by Crippen LogP contribution is 2.39. The first-order valence-electron chi connectivity index (χ1n) is 11.4. The summed E-state index contributed by atoms with van der Waals surface area (Å²) in [7, 11) is 0. The first-order chi connectivity index (χ1) is 16.1. The number of halogens is 1. The van der Waals surface area contributed by atoms with Crippen LogP contribution in [0.2, 0.25) is 0 Å². The summed E-state index contributed by atoms with van der Waals surface area (Å²) >= 11 is 0. The van der Waals surface area contributed by atoms with Gasteiger partial charge in [-0.3, -0.25) is 19.3 Å². The van der Waals surface area contributed by atoms with Gasteiger partial charge >= 0.3 is 0 Å². The Labute approximate surface area is 198 Å². The van der Waals surface area contributed by atoms with E-state index >= 15 is 0 Å². The fourth-order valence-electron chi connectivity index (χ4n) is 4.54. The average Bonchev–Trinajstić information content (AvgIpc) is 3.45. The van der Waals surface area contributed by atoms with Crippen molar-refractivity contribution in [2.45, 2.75) is 51.9 Å². The van der Waals surface area contributed by atoms with Gasteiger partial charge < -0.3 is 19.4 Å². The normalized spacial score (nSPS) is 19.9. The molecule has 8 nitrogen and oxygen atoms in total. The van der Waals surface area contributed by atoms with Crippen molar-refractivity contribution >= 4 is 17.7 Å². The van der Waals surface area contributed by atoms with E-state index in [4.69, 9.17) is 9.15 Å². The van der Waals surface area contributed by atoms with Crippen molar-refractivity contribution in [3.63, 3.8) is 0 Å². The highest BCUT2D eigenvalue weighted by molar-refractivity contribution is 5.98. The van der Waals surface area contributed by atoms with E-state index in [0.29, 0.717) is 31.7 Å². The average molecular weight is 472 g/mol. The number of hydrogen-bond donors (Lipinski definition) is 1. The van der Waals surface area contributed by atoms with Crippen molar-refractivity contribution in [3.8, 4) is 0 Å². The van der Waals surface area contributed by atoms with Crippen LogP contribution in [0.25, 0.3) is 0 Å². The molecule has 1 aromatic carbocycles. The molecule has 3 heterocycles. The molecule has 1 N–H and O–H groups in total. The summed E-state index contributed by atoms with van der Waals surface area (Å²) < 4.78 is 24.9. The predicted molar refractivity (Wildman–Crippen MR) is 121 cm³/mol. The molecule has 1 spiro atoms. The SMILES string of the molecule is CC(C)(C)C(=O)N1CCC2(CC1)OCC(C(=O)NCc1ccco1)N2C(=O)c1ccc(F)cc1. The number of carbonyl (C=O) groups excluding carboxylic acids is 3. The number of nitrogens with zero attached hydrogens (tertiary/aromatic N) is 2. The maximum Gasteiger partial charge on any atom is 0.256 e. The monoisotopic (exact) mass is 471 g/mol. The number of amides is 3. The second-order valence-electron chi connectivity index (χ2n) is 9.79. The number of piperidine rings is 1. The Morgan fingerprint density at radius 1 is 1.12 bits per heavy atom.